The fraction of sp³-hybridized carbons (Fsp3) is 0.375. The van der Waals surface area contributed by atoms with Gasteiger partial charge in [0.15, 0.2) is 6.61 Å². The Morgan fingerprint density at radius 2 is 1.66 bits per heavy atom. The number of nitrogens with one attached hydrogen (secondary N) is 2. The van der Waals surface area contributed by atoms with Crippen LogP contribution in [0, 0.1) is 11.3 Å². The van der Waals surface area contributed by atoms with Gasteiger partial charge in [-0.05, 0) is 47.4 Å². The maximum atomic E-state index is 12.5. The number of benzene rings is 2. The van der Waals surface area contributed by atoms with Gasteiger partial charge in [0.25, 0.3) is 0 Å². The van der Waals surface area contributed by atoms with E-state index >= 15 is 0 Å². The Morgan fingerprint density at radius 1 is 1.00 bits per heavy atom. The average Bonchev–Trinajstić information content (AvgIpc) is 3.20. The minimum atomic E-state index is -1.16. The van der Waals surface area contributed by atoms with Gasteiger partial charge in [-0.2, -0.15) is 0 Å². The Labute approximate surface area is 184 Å². The first-order valence-electron chi connectivity index (χ1n) is 10.7. The Bertz CT molecular complexity index is 1040. The normalized spacial score (nSPS) is 24.8. The van der Waals surface area contributed by atoms with Crippen LogP contribution in [0.15, 0.2) is 48.5 Å². The summed E-state index contributed by atoms with van der Waals surface area (Å²) in [5.74, 6) is -1.32. The molecule has 3 unspecified atom stereocenters. The van der Waals surface area contributed by atoms with E-state index in [1.165, 1.54) is 11.1 Å². The largest absolute Gasteiger partial charge is 0.479 e. The number of carbonyl (C=O) groups is 3. The van der Waals surface area contributed by atoms with Crippen LogP contribution < -0.4 is 10.8 Å². The number of amides is 2. The zero-order chi connectivity index (χ0) is 22.3. The van der Waals surface area contributed by atoms with Crippen LogP contribution in [0.2, 0.25) is 0 Å². The topological polar surface area (TPSA) is 114 Å². The quantitative estimate of drug-likeness (QED) is 0.575. The molecule has 0 heterocycles. The minimum Gasteiger partial charge on any atom is -0.479 e. The first-order chi connectivity index (χ1) is 15.5. The minimum absolute atomic E-state index is 0.00589. The lowest BCUT2D eigenvalue weighted by molar-refractivity contribution is -0.151. The van der Waals surface area contributed by atoms with E-state index in [2.05, 4.69) is 35.1 Å². The van der Waals surface area contributed by atoms with Crippen molar-refractivity contribution in [1.29, 1.82) is 0 Å². The molecule has 8 heteroatoms. The van der Waals surface area contributed by atoms with Crippen molar-refractivity contribution in [1.82, 2.24) is 10.8 Å². The average molecular weight is 436 g/mol. The van der Waals surface area contributed by atoms with Crippen LogP contribution in [0.1, 0.15) is 36.3 Å². The molecule has 3 N–H and O–H groups in total. The molecule has 0 saturated heterocycles. The number of fused-ring (bicyclic) bond motifs is 4. The number of carbonyl (C=O) groups excluding carboxylic acids is 2. The van der Waals surface area contributed by atoms with Gasteiger partial charge in [-0.1, -0.05) is 48.5 Å². The molecule has 3 aliphatic carbocycles. The SMILES string of the molecule is O=C(O)CONC(=O)C12CC(NC(=O)OCC3c4ccccc4-c4ccccc43)CC1C2. The molecule has 0 aromatic heterocycles. The standard InChI is InChI=1S/C24H24N2O6/c27-21(28)13-32-26-22(29)24-10-14(24)9-15(11-24)25-23(30)31-12-20-18-7-3-1-5-16(18)17-6-2-4-8-19(17)20/h1-8,14-15,20H,9-13H2,(H,25,30)(H,26,29)(H,27,28). The molecule has 0 radical (unpaired) electrons. The lowest BCUT2D eigenvalue weighted by atomic mass is 9.98. The summed E-state index contributed by atoms with van der Waals surface area (Å²) in [6.45, 7) is -0.349. The van der Waals surface area contributed by atoms with Crippen molar-refractivity contribution in [3.05, 3.63) is 59.7 Å². The molecule has 3 aliphatic rings. The summed E-state index contributed by atoms with van der Waals surface area (Å²) in [6, 6.07) is 16.2. The Morgan fingerprint density at radius 3 is 2.31 bits per heavy atom. The molecule has 5 rings (SSSR count). The van der Waals surface area contributed by atoms with Crippen molar-refractivity contribution in [2.45, 2.75) is 31.2 Å². The number of rotatable bonds is 7. The fourth-order valence-electron chi connectivity index (χ4n) is 5.36. The highest BCUT2D eigenvalue weighted by Gasteiger charge is 2.65. The summed E-state index contributed by atoms with van der Waals surface area (Å²) >= 11 is 0. The second-order valence-electron chi connectivity index (χ2n) is 8.78. The third-order valence-electron chi connectivity index (χ3n) is 6.89. The van der Waals surface area contributed by atoms with E-state index in [1.54, 1.807) is 0 Å². The van der Waals surface area contributed by atoms with Gasteiger partial charge in [-0.15, -0.1) is 0 Å². The monoisotopic (exact) mass is 436 g/mol. The summed E-state index contributed by atoms with van der Waals surface area (Å²) in [7, 11) is 0. The molecule has 2 aromatic carbocycles. The Hall–Kier alpha value is -3.39. The fourth-order valence-corrected chi connectivity index (χ4v) is 5.36. The number of hydrogen-bond donors (Lipinski definition) is 3. The first-order valence-corrected chi connectivity index (χ1v) is 10.7. The second-order valence-corrected chi connectivity index (χ2v) is 8.78. The van der Waals surface area contributed by atoms with Gasteiger partial charge in [-0.25, -0.2) is 15.1 Å². The molecule has 8 nitrogen and oxygen atoms in total. The van der Waals surface area contributed by atoms with E-state index in [4.69, 9.17) is 14.7 Å². The number of carboxylic acids is 1. The van der Waals surface area contributed by atoms with Crippen molar-refractivity contribution in [3.8, 4) is 11.1 Å². The molecular formula is C24H24N2O6. The third kappa shape index (κ3) is 3.60. The number of hydroxylamine groups is 1. The molecule has 0 spiro atoms. The molecule has 0 aliphatic heterocycles. The predicted molar refractivity (Wildman–Crippen MR) is 113 cm³/mol. The van der Waals surface area contributed by atoms with E-state index in [1.807, 2.05) is 24.3 Å². The zero-order valence-electron chi connectivity index (χ0n) is 17.4. The van der Waals surface area contributed by atoms with Crippen LogP contribution in [0.25, 0.3) is 11.1 Å². The van der Waals surface area contributed by atoms with E-state index in [9.17, 15) is 14.4 Å². The van der Waals surface area contributed by atoms with Gasteiger partial charge in [0, 0.05) is 12.0 Å². The van der Waals surface area contributed by atoms with Crippen molar-refractivity contribution in [2.75, 3.05) is 13.2 Å². The van der Waals surface area contributed by atoms with E-state index < -0.39 is 24.1 Å². The summed E-state index contributed by atoms with van der Waals surface area (Å²) in [5.41, 5.74) is 6.30. The van der Waals surface area contributed by atoms with Gasteiger partial charge in [0.1, 0.15) is 6.61 Å². The number of carboxylic acid groups (broad SMARTS) is 1. The Balaban J connectivity index is 1.15. The second kappa shape index (κ2) is 7.94. The van der Waals surface area contributed by atoms with Crippen LogP contribution in [0.3, 0.4) is 0 Å². The number of hydrogen-bond acceptors (Lipinski definition) is 5. The van der Waals surface area contributed by atoms with Crippen molar-refractivity contribution in [3.63, 3.8) is 0 Å². The molecule has 2 fully saturated rings. The van der Waals surface area contributed by atoms with E-state index in [0.717, 1.165) is 17.5 Å². The highest BCUT2D eigenvalue weighted by molar-refractivity contribution is 5.86. The van der Waals surface area contributed by atoms with Gasteiger partial charge >= 0.3 is 12.1 Å². The lowest BCUT2D eigenvalue weighted by Gasteiger charge is -2.19. The van der Waals surface area contributed by atoms with Crippen molar-refractivity contribution >= 4 is 18.0 Å². The number of ether oxygens (including phenoxy) is 1. The molecule has 32 heavy (non-hydrogen) atoms. The van der Waals surface area contributed by atoms with Gasteiger partial charge in [-0.3, -0.25) is 9.63 Å². The molecule has 2 saturated carbocycles. The maximum absolute atomic E-state index is 12.5. The van der Waals surface area contributed by atoms with Gasteiger partial charge < -0.3 is 15.2 Å². The summed E-state index contributed by atoms with van der Waals surface area (Å²) in [6.07, 6.45) is 1.41. The van der Waals surface area contributed by atoms with Gasteiger partial charge in [0.05, 0.1) is 5.41 Å². The van der Waals surface area contributed by atoms with Crippen molar-refractivity contribution < 1.29 is 29.1 Å². The molecule has 166 valence electrons. The van der Waals surface area contributed by atoms with Crippen LogP contribution in [0.5, 0.6) is 0 Å². The molecule has 2 aromatic rings. The number of aliphatic carboxylic acids is 1. The smallest absolute Gasteiger partial charge is 0.407 e. The van der Waals surface area contributed by atoms with Crippen molar-refractivity contribution in [2.24, 2.45) is 11.3 Å². The highest BCUT2D eigenvalue weighted by atomic mass is 16.7. The molecule has 2 amide bonds. The molecule has 0 bridgehead atoms. The highest BCUT2D eigenvalue weighted by Crippen LogP contribution is 2.63. The van der Waals surface area contributed by atoms with Crippen LogP contribution >= 0.6 is 0 Å². The molecular weight excluding hydrogens is 412 g/mol. The van der Waals surface area contributed by atoms with E-state index in [0.29, 0.717) is 12.8 Å². The van der Waals surface area contributed by atoms with Gasteiger partial charge in [0.2, 0.25) is 5.91 Å². The number of alkyl carbamates (subject to hydrolysis) is 1. The third-order valence-corrected chi connectivity index (χ3v) is 6.89. The first kappa shape index (κ1) is 20.5. The maximum Gasteiger partial charge on any atom is 0.407 e. The Kier molecular flexibility index (Phi) is 5.09. The van der Waals surface area contributed by atoms with Crippen LogP contribution in [-0.2, 0) is 19.2 Å². The zero-order valence-corrected chi connectivity index (χ0v) is 17.4. The van der Waals surface area contributed by atoms with E-state index in [-0.39, 0.29) is 30.4 Å². The summed E-state index contributed by atoms with van der Waals surface area (Å²) in [5, 5.41) is 11.5. The lowest BCUT2D eigenvalue weighted by Crippen LogP contribution is -2.38. The summed E-state index contributed by atoms with van der Waals surface area (Å²) in [4.78, 5) is 40.1. The van der Waals surface area contributed by atoms with Crippen LogP contribution in [-0.4, -0.2) is 42.3 Å². The summed E-state index contributed by atoms with van der Waals surface area (Å²) < 4.78 is 5.60. The molecule has 3 atom stereocenters. The predicted octanol–water partition coefficient (Wildman–Crippen LogP) is 2.83. The van der Waals surface area contributed by atoms with Crippen LogP contribution in [0.4, 0.5) is 4.79 Å².